The van der Waals surface area contributed by atoms with Gasteiger partial charge in [0.1, 0.15) is 0 Å². The van der Waals surface area contributed by atoms with Crippen molar-refractivity contribution in [1.29, 1.82) is 0 Å². The summed E-state index contributed by atoms with van der Waals surface area (Å²) in [5, 5.41) is 6.27. The van der Waals surface area contributed by atoms with Crippen LogP contribution < -0.4 is 10.6 Å². The molecule has 1 heterocycles. The van der Waals surface area contributed by atoms with Crippen LogP contribution in [0, 0.1) is 0 Å². The van der Waals surface area contributed by atoms with E-state index in [9.17, 15) is 9.59 Å². The van der Waals surface area contributed by atoms with E-state index in [2.05, 4.69) is 15.5 Å². The Kier molecular flexibility index (Phi) is 7.21. The summed E-state index contributed by atoms with van der Waals surface area (Å²) in [5.74, 6) is -0.185. The van der Waals surface area contributed by atoms with E-state index < -0.39 is 0 Å². The number of amides is 2. The molecule has 0 radical (unpaired) electrons. The highest BCUT2D eigenvalue weighted by molar-refractivity contribution is 5.99. The molecule has 2 amide bonds. The van der Waals surface area contributed by atoms with Gasteiger partial charge in [-0.15, -0.1) is 0 Å². The van der Waals surface area contributed by atoms with Crippen LogP contribution in [-0.4, -0.2) is 74.5 Å². The zero-order chi connectivity index (χ0) is 17.4. The van der Waals surface area contributed by atoms with Gasteiger partial charge in [0, 0.05) is 57.4 Å². The zero-order valence-electron chi connectivity index (χ0n) is 14.7. The second kappa shape index (κ2) is 9.39. The molecule has 1 saturated heterocycles. The van der Waals surface area contributed by atoms with Gasteiger partial charge in [0.25, 0.3) is 11.8 Å². The van der Waals surface area contributed by atoms with Crippen LogP contribution in [0.1, 0.15) is 34.1 Å². The van der Waals surface area contributed by atoms with E-state index in [-0.39, 0.29) is 11.8 Å². The number of nitrogens with one attached hydrogen (secondary N) is 2. The maximum Gasteiger partial charge on any atom is 0.253 e. The lowest BCUT2D eigenvalue weighted by atomic mass is 10.1. The Balaban J connectivity index is 1.80. The molecule has 1 aliphatic heterocycles. The van der Waals surface area contributed by atoms with Gasteiger partial charge in [-0.1, -0.05) is 6.07 Å². The first kappa shape index (κ1) is 18.4. The highest BCUT2D eigenvalue weighted by atomic mass is 16.2. The number of hydrogen-bond donors (Lipinski definition) is 2. The van der Waals surface area contributed by atoms with E-state index in [1.807, 2.05) is 6.92 Å². The van der Waals surface area contributed by atoms with Crippen LogP contribution in [0.5, 0.6) is 0 Å². The second-order valence-electron chi connectivity index (χ2n) is 6.10. The summed E-state index contributed by atoms with van der Waals surface area (Å²) >= 11 is 0. The van der Waals surface area contributed by atoms with E-state index in [0.717, 1.165) is 39.1 Å². The Morgan fingerprint density at radius 2 is 1.96 bits per heavy atom. The fourth-order valence-electron chi connectivity index (χ4n) is 2.70. The SMILES string of the molecule is CCN(C)C(=O)c1cccc(C(=O)NCCCN2CCNCC2)c1. The molecular weight excluding hydrogens is 304 g/mol. The molecule has 0 atom stereocenters. The van der Waals surface area contributed by atoms with Crippen molar-refractivity contribution in [3.05, 3.63) is 35.4 Å². The molecule has 0 bridgehead atoms. The van der Waals surface area contributed by atoms with Gasteiger partial charge in [0.2, 0.25) is 0 Å². The van der Waals surface area contributed by atoms with Crippen LogP contribution in [-0.2, 0) is 0 Å². The third kappa shape index (κ3) is 5.32. The number of piperazine rings is 1. The molecular formula is C18H28N4O2. The molecule has 132 valence electrons. The van der Waals surface area contributed by atoms with Gasteiger partial charge < -0.3 is 20.4 Å². The van der Waals surface area contributed by atoms with Gasteiger partial charge in [-0.25, -0.2) is 0 Å². The minimum Gasteiger partial charge on any atom is -0.352 e. The highest BCUT2D eigenvalue weighted by Gasteiger charge is 2.13. The number of carbonyl (C=O) groups is 2. The molecule has 0 saturated carbocycles. The molecule has 0 spiro atoms. The summed E-state index contributed by atoms with van der Waals surface area (Å²) in [6.45, 7) is 8.44. The summed E-state index contributed by atoms with van der Waals surface area (Å²) in [7, 11) is 1.76. The Morgan fingerprint density at radius 1 is 1.25 bits per heavy atom. The van der Waals surface area contributed by atoms with Gasteiger partial charge in [-0.3, -0.25) is 9.59 Å². The lowest BCUT2D eigenvalue weighted by molar-refractivity contribution is 0.0802. The Labute approximate surface area is 144 Å². The maximum atomic E-state index is 12.3. The van der Waals surface area contributed by atoms with Gasteiger partial charge in [0.15, 0.2) is 0 Å². The zero-order valence-corrected chi connectivity index (χ0v) is 14.7. The smallest absolute Gasteiger partial charge is 0.253 e. The fourth-order valence-corrected chi connectivity index (χ4v) is 2.70. The Hall–Kier alpha value is -1.92. The van der Waals surface area contributed by atoms with E-state index in [1.165, 1.54) is 0 Å². The number of nitrogens with zero attached hydrogens (tertiary/aromatic N) is 2. The molecule has 1 fully saturated rings. The van der Waals surface area contributed by atoms with Crippen molar-refractivity contribution in [2.75, 3.05) is 52.9 Å². The second-order valence-corrected chi connectivity index (χ2v) is 6.10. The molecule has 6 heteroatoms. The summed E-state index contributed by atoms with van der Waals surface area (Å²) in [5.41, 5.74) is 1.08. The van der Waals surface area contributed by atoms with Crippen molar-refractivity contribution in [1.82, 2.24) is 20.4 Å². The molecule has 1 aromatic rings. The van der Waals surface area contributed by atoms with Crippen LogP contribution in [0.3, 0.4) is 0 Å². The first-order valence-corrected chi connectivity index (χ1v) is 8.68. The molecule has 0 aliphatic carbocycles. The van der Waals surface area contributed by atoms with Crippen LogP contribution in [0.2, 0.25) is 0 Å². The van der Waals surface area contributed by atoms with Crippen molar-refractivity contribution in [2.45, 2.75) is 13.3 Å². The van der Waals surface area contributed by atoms with Crippen LogP contribution >= 0.6 is 0 Å². The van der Waals surface area contributed by atoms with E-state index >= 15 is 0 Å². The standard InChI is InChI=1S/C18H28N4O2/c1-3-21(2)18(24)16-7-4-6-15(14-16)17(23)20-8-5-11-22-12-9-19-10-13-22/h4,6-7,14,19H,3,5,8-13H2,1-2H3,(H,20,23). The summed E-state index contributed by atoms with van der Waals surface area (Å²) in [4.78, 5) is 28.5. The first-order valence-electron chi connectivity index (χ1n) is 8.68. The number of hydrogen-bond acceptors (Lipinski definition) is 4. The van der Waals surface area contributed by atoms with E-state index in [1.54, 1.807) is 36.2 Å². The van der Waals surface area contributed by atoms with Crippen molar-refractivity contribution in [2.24, 2.45) is 0 Å². The summed E-state index contributed by atoms with van der Waals surface area (Å²) in [6.07, 6.45) is 0.933. The lowest BCUT2D eigenvalue weighted by Gasteiger charge is -2.27. The lowest BCUT2D eigenvalue weighted by Crippen LogP contribution is -2.44. The van der Waals surface area contributed by atoms with Gasteiger partial charge >= 0.3 is 0 Å². The van der Waals surface area contributed by atoms with E-state index in [4.69, 9.17) is 0 Å². The highest BCUT2D eigenvalue weighted by Crippen LogP contribution is 2.08. The fraction of sp³-hybridized carbons (Fsp3) is 0.556. The average molecular weight is 332 g/mol. The largest absolute Gasteiger partial charge is 0.352 e. The molecule has 2 rings (SSSR count). The predicted molar refractivity (Wildman–Crippen MR) is 95.3 cm³/mol. The number of rotatable bonds is 7. The van der Waals surface area contributed by atoms with Crippen LogP contribution in [0.15, 0.2) is 24.3 Å². The molecule has 0 unspecified atom stereocenters. The predicted octanol–water partition coefficient (Wildman–Crippen LogP) is 0.804. The molecule has 1 aliphatic rings. The first-order chi connectivity index (χ1) is 11.6. The Bertz CT molecular complexity index is 556. The third-order valence-corrected chi connectivity index (χ3v) is 4.34. The minimum absolute atomic E-state index is 0.0640. The van der Waals surface area contributed by atoms with Crippen molar-refractivity contribution in [3.8, 4) is 0 Å². The maximum absolute atomic E-state index is 12.3. The van der Waals surface area contributed by atoms with Gasteiger partial charge in [-0.05, 0) is 38.1 Å². The van der Waals surface area contributed by atoms with E-state index in [0.29, 0.717) is 24.2 Å². The quantitative estimate of drug-likeness (QED) is 0.725. The van der Waals surface area contributed by atoms with Crippen molar-refractivity contribution in [3.63, 3.8) is 0 Å². The van der Waals surface area contributed by atoms with Gasteiger partial charge in [-0.2, -0.15) is 0 Å². The van der Waals surface area contributed by atoms with Gasteiger partial charge in [0.05, 0.1) is 0 Å². The molecule has 1 aromatic carbocycles. The molecule has 24 heavy (non-hydrogen) atoms. The molecule has 0 aromatic heterocycles. The normalized spacial score (nSPS) is 15.1. The Morgan fingerprint density at radius 3 is 2.67 bits per heavy atom. The molecule has 2 N–H and O–H groups in total. The molecule has 6 nitrogen and oxygen atoms in total. The monoisotopic (exact) mass is 332 g/mol. The van der Waals surface area contributed by atoms with Crippen LogP contribution in [0.25, 0.3) is 0 Å². The third-order valence-electron chi connectivity index (χ3n) is 4.34. The topological polar surface area (TPSA) is 64.7 Å². The number of benzene rings is 1. The summed E-state index contributed by atoms with van der Waals surface area (Å²) in [6, 6.07) is 6.91. The minimum atomic E-state index is -0.121. The van der Waals surface area contributed by atoms with Crippen molar-refractivity contribution < 1.29 is 9.59 Å². The average Bonchev–Trinajstić information content (AvgIpc) is 2.64. The van der Waals surface area contributed by atoms with Crippen LogP contribution in [0.4, 0.5) is 0 Å². The summed E-state index contributed by atoms with van der Waals surface area (Å²) < 4.78 is 0. The number of carbonyl (C=O) groups excluding carboxylic acids is 2. The van der Waals surface area contributed by atoms with Crippen molar-refractivity contribution >= 4 is 11.8 Å².